The molecule has 2 aromatic carbocycles. The standard InChI is InChI=1S/C20H19ClN2O4/c1-12-3-4-13(2)18(9-12)27-17-6-5-14(10-15(17)21)22-16-11-19(25)23(7-8-24)20(16)26/h3-6,9-11,22,24H,7-8H2,1-2H3. The molecule has 0 saturated heterocycles. The number of aliphatic hydroxyl groups excluding tert-OH is 1. The largest absolute Gasteiger partial charge is 0.456 e. The van der Waals surface area contributed by atoms with Gasteiger partial charge in [0.05, 0.1) is 18.2 Å². The second-order valence-corrected chi connectivity index (χ2v) is 6.63. The molecule has 1 aliphatic rings. The van der Waals surface area contributed by atoms with Crippen molar-refractivity contribution in [2.24, 2.45) is 0 Å². The van der Waals surface area contributed by atoms with E-state index >= 15 is 0 Å². The molecule has 2 aromatic rings. The number of ether oxygens (including phenoxy) is 1. The zero-order valence-corrected chi connectivity index (χ0v) is 15.7. The van der Waals surface area contributed by atoms with Crippen LogP contribution in [0.1, 0.15) is 11.1 Å². The first-order valence-electron chi connectivity index (χ1n) is 8.39. The summed E-state index contributed by atoms with van der Waals surface area (Å²) in [5.74, 6) is 0.260. The Morgan fingerprint density at radius 1 is 1.11 bits per heavy atom. The highest BCUT2D eigenvalue weighted by Gasteiger charge is 2.30. The molecule has 2 amide bonds. The van der Waals surface area contributed by atoms with E-state index in [1.165, 1.54) is 6.08 Å². The van der Waals surface area contributed by atoms with Crippen LogP contribution in [0, 0.1) is 13.8 Å². The second-order valence-electron chi connectivity index (χ2n) is 6.22. The first-order valence-corrected chi connectivity index (χ1v) is 8.77. The summed E-state index contributed by atoms with van der Waals surface area (Å²) in [5.41, 5.74) is 2.75. The maximum Gasteiger partial charge on any atom is 0.277 e. The maximum absolute atomic E-state index is 12.2. The van der Waals surface area contributed by atoms with E-state index in [0.717, 1.165) is 21.8 Å². The molecule has 0 aliphatic carbocycles. The Morgan fingerprint density at radius 3 is 2.59 bits per heavy atom. The third-order valence-electron chi connectivity index (χ3n) is 4.11. The highest BCUT2D eigenvalue weighted by molar-refractivity contribution is 6.32. The summed E-state index contributed by atoms with van der Waals surface area (Å²) in [6.07, 6.45) is 1.20. The summed E-state index contributed by atoms with van der Waals surface area (Å²) in [7, 11) is 0. The Balaban J connectivity index is 1.76. The molecule has 27 heavy (non-hydrogen) atoms. The summed E-state index contributed by atoms with van der Waals surface area (Å²) in [5, 5.41) is 12.2. The fraction of sp³-hybridized carbons (Fsp3) is 0.200. The molecule has 0 unspecified atom stereocenters. The molecular weight excluding hydrogens is 368 g/mol. The van der Waals surface area contributed by atoms with E-state index in [2.05, 4.69) is 5.32 Å². The molecule has 6 nitrogen and oxygen atoms in total. The number of aryl methyl sites for hydroxylation is 2. The Bertz CT molecular complexity index is 940. The van der Waals surface area contributed by atoms with Crippen molar-refractivity contribution in [3.05, 3.63) is 64.3 Å². The number of hydrogen-bond donors (Lipinski definition) is 2. The van der Waals surface area contributed by atoms with Crippen LogP contribution >= 0.6 is 11.6 Å². The number of halogens is 1. The molecule has 0 bridgehead atoms. The van der Waals surface area contributed by atoms with Gasteiger partial charge in [-0.25, -0.2) is 0 Å². The Hall–Kier alpha value is -2.83. The van der Waals surface area contributed by atoms with Crippen molar-refractivity contribution in [3.63, 3.8) is 0 Å². The lowest BCUT2D eigenvalue weighted by molar-refractivity contribution is -0.137. The van der Waals surface area contributed by atoms with Crippen LogP contribution in [0.3, 0.4) is 0 Å². The van der Waals surface area contributed by atoms with Crippen LogP contribution in [-0.2, 0) is 9.59 Å². The molecule has 2 N–H and O–H groups in total. The lowest BCUT2D eigenvalue weighted by Gasteiger charge is -2.14. The minimum absolute atomic E-state index is 0.0390. The third-order valence-corrected chi connectivity index (χ3v) is 4.40. The van der Waals surface area contributed by atoms with Gasteiger partial charge in [0.15, 0.2) is 0 Å². The molecule has 140 valence electrons. The molecule has 0 saturated carbocycles. The first-order chi connectivity index (χ1) is 12.9. The first kappa shape index (κ1) is 18.9. The van der Waals surface area contributed by atoms with E-state index in [0.29, 0.717) is 16.5 Å². The summed E-state index contributed by atoms with van der Waals surface area (Å²) in [6, 6.07) is 10.9. The van der Waals surface area contributed by atoms with Gasteiger partial charge >= 0.3 is 0 Å². The topological polar surface area (TPSA) is 78.9 Å². The number of aliphatic hydroxyl groups is 1. The van der Waals surface area contributed by atoms with Crippen molar-refractivity contribution < 1.29 is 19.4 Å². The van der Waals surface area contributed by atoms with E-state index < -0.39 is 11.8 Å². The molecule has 3 rings (SSSR count). The van der Waals surface area contributed by atoms with Crippen molar-refractivity contribution in [2.75, 3.05) is 18.5 Å². The van der Waals surface area contributed by atoms with Crippen LogP contribution in [0.5, 0.6) is 11.5 Å². The van der Waals surface area contributed by atoms with Gasteiger partial charge in [-0.2, -0.15) is 0 Å². The lowest BCUT2D eigenvalue weighted by atomic mass is 10.1. The number of carbonyl (C=O) groups excluding carboxylic acids is 2. The Kier molecular flexibility index (Phi) is 5.48. The highest BCUT2D eigenvalue weighted by atomic mass is 35.5. The van der Waals surface area contributed by atoms with E-state index in [1.807, 2.05) is 32.0 Å². The number of nitrogens with zero attached hydrogens (tertiary/aromatic N) is 1. The minimum atomic E-state index is -0.485. The van der Waals surface area contributed by atoms with Crippen LogP contribution in [0.25, 0.3) is 0 Å². The smallest absolute Gasteiger partial charge is 0.277 e. The van der Waals surface area contributed by atoms with Gasteiger partial charge in [-0.05, 0) is 49.2 Å². The van der Waals surface area contributed by atoms with Gasteiger partial charge in [0, 0.05) is 11.8 Å². The van der Waals surface area contributed by atoms with Crippen molar-refractivity contribution >= 4 is 29.1 Å². The van der Waals surface area contributed by atoms with E-state index in [-0.39, 0.29) is 18.8 Å². The number of anilines is 1. The third kappa shape index (κ3) is 4.13. The van der Waals surface area contributed by atoms with Crippen molar-refractivity contribution in [3.8, 4) is 11.5 Å². The van der Waals surface area contributed by atoms with Crippen molar-refractivity contribution in [1.82, 2.24) is 4.90 Å². The zero-order valence-electron chi connectivity index (χ0n) is 15.0. The number of β-amino-alcohol motifs (C(OH)–C–C–N with tert-alkyl or cyclic N) is 1. The lowest BCUT2D eigenvalue weighted by Crippen LogP contribution is -2.34. The summed E-state index contributed by atoms with van der Waals surface area (Å²) < 4.78 is 5.90. The number of carbonyl (C=O) groups is 2. The van der Waals surface area contributed by atoms with E-state index in [9.17, 15) is 9.59 Å². The van der Waals surface area contributed by atoms with Gasteiger partial charge in [-0.15, -0.1) is 0 Å². The van der Waals surface area contributed by atoms with Crippen molar-refractivity contribution in [2.45, 2.75) is 13.8 Å². The fourth-order valence-electron chi connectivity index (χ4n) is 2.66. The molecule has 0 fully saturated rings. The van der Waals surface area contributed by atoms with E-state index in [1.54, 1.807) is 18.2 Å². The number of benzene rings is 2. The van der Waals surface area contributed by atoms with Crippen LogP contribution in [-0.4, -0.2) is 35.0 Å². The average Bonchev–Trinajstić information content (AvgIpc) is 2.88. The SMILES string of the molecule is Cc1ccc(C)c(Oc2ccc(NC3=CC(=O)N(CCO)C3=O)cc2Cl)c1. The summed E-state index contributed by atoms with van der Waals surface area (Å²) >= 11 is 6.32. The summed E-state index contributed by atoms with van der Waals surface area (Å²) in [6.45, 7) is 3.61. The molecule has 0 atom stereocenters. The van der Waals surface area contributed by atoms with Crippen LogP contribution in [0.2, 0.25) is 5.02 Å². The van der Waals surface area contributed by atoms with Crippen LogP contribution < -0.4 is 10.1 Å². The zero-order chi connectivity index (χ0) is 19.6. The average molecular weight is 387 g/mol. The molecule has 1 aliphatic heterocycles. The Morgan fingerprint density at radius 2 is 1.89 bits per heavy atom. The molecule has 7 heteroatoms. The van der Waals surface area contributed by atoms with Gasteiger partial charge in [-0.1, -0.05) is 23.7 Å². The van der Waals surface area contributed by atoms with Crippen LogP contribution in [0.15, 0.2) is 48.2 Å². The van der Waals surface area contributed by atoms with Gasteiger partial charge < -0.3 is 15.2 Å². The number of hydrogen-bond acceptors (Lipinski definition) is 5. The van der Waals surface area contributed by atoms with Gasteiger partial charge in [0.2, 0.25) is 0 Å². The normalized spacial score (nSPS) is 13.8. The number of nitrogens with one attached hydrogen (secondary N) is 1. The predicted molar refractivity (Wildman–Crippen MR) is 103 cm³/mol. The molecule has 1 heterocycles. The maximum atomic E-state index is 12.2. The van der Waals surface area contributed by atoms with Crippen LogP contribution in [0.4, 0.5) is 5.69 Å². The second kappa shape index (κ2) is 7.82. The number of amides is 2. The molecular formula is C20H19ClN2O4. The summed E-state index contributed by atoms with van der Waals surface area (Å²) in [4.78, 5) is 24.9. The predicted octanol–water partition coefficient (Wildman–Crippen LogP) is 3.41. The Labute approximate surface area is 162 Å². The molecule has 0 aromatic heterocycles. The van der Waals surface area contributed by atoms with Gasteiger partial charge in [0.25, 0.3) is 11.8 Å². The quantitative estimate of drug-likeness (QED) is 0.744. The highest BCUT2D eigenvalue weighted by Crippen LogP contribution is 2.34. The number of imide groups is 1. The van der Waals surface area contributed by atoms with E-state index in [4.69, 9.17) is 21.4 Å². The molecule has 0 spiro atoms. The molecule has 0 radical (unpaired) electrons. The van der Waals surface area contributed by atoms with Crippen molar-refractivity contribution in [1.29, 1.82) is 0 Å². The van der Waals surface area contributed by atoms with Gasteiger partial charge in [0.1, 0.15) is 17.2 Å². The monoisotopic (exact) mass is 386 g/mol. The van der Waals surface area contributed by atoms with Gasteiger partial charge in [-0.3, -0.25) is 14.5 Å². The number of rotatable bonds is 6. The minimum Gasteiger partial charge on any atom is -0.456 e. The fourth-order valence-corrected chi connectivity index (χ4v) is 2.88.